The van der Waals surface area contributed by atoms with Crippen molar-refractivity contribution in [2.24, 2.45) is 0 Å². The van der Waals surface area contributed by atoms with Crippen LogP contribution in [0.2, 0.25) is 0 Å². The van der Waals surface area contributed by atoms with E-state index in [1.54, 1.807) is 6.07 Å². The van der Waals surface area contributed by atoms with Gasteiger partial charge in [0, 0.05) is 17.3 Å². The van der Waals surface area contributed by atoms with E-state index in [4.69, 9.17) is 15.2 Å². The summed E-state index contributed by atoms with van der Waals surface area (Å²) < 4.78 is 36.6. The lowest BCUT2D eigenvalue weighted by Gasteiger charge is -2.08. The molecule has 0 saturated heterocycles. The van der Waals surface area contributed by atoms with Gasteiger partial charge in [0.2, 0.25) is 0 Å². The Morgan fingerprint density at radius 3 is 2.62 bits per heavy atom. The highest BCUT2D eigenvalue weighted by Gasteiger charge is 2.14. The first-order valence-electron chi connectivity index (χ1n) is 6.06. The molecule has 0 aromatic heterocycles. The van der Waals surface area contributed by atoms with Crippen LogP contribution in [0, 0.1) is 11.6 Å². The maximum absolute atomic E-state index is 13.7. The second-order valence-electron chi connectivity index (χ2n) is 4.27. The summed E-state index contributed by atoms with van der Waals surface area (Å²) in [4.78, 5) is 11.8. The number of hydrogen-bond donors (Lipinski definition) is 1. The SMILES string of the molecule is COc1ccc(COC(=O)c2cc(F)ccc2N)c(F)c1. The van der Waals surface area contributed by atoms with E-state index in [0.29, 0.717) is 5.75 Å². The molecular formula is C15H13F2NO3. The van der Waals surface area contributed by atoms with Crippen LogP contribution < -0.4 is 10.5 Å². The van der Waals surface area contributed by atoms with Gasteiger partial charge < -0.3 is 15.2 Å². The van der Waals surface area contributed by atoms with Gasteiger partial charge in [0.25, 0.3) is 0 Å². The van der Waals surface area contributed by atoms with Gasteiger partial charge in [-0.25, -0.2) is 13.6 Å². The van der Waals surface area contributed by atoms with Gasteiger partial charge in [-0.15, -0.1) is 0 Å². The molecule has 2 rings (SSSR count). The van der Waals surface area contributed by atoms with Crippen molar-refractivity contribution < 1.29 is 23.0 Å². The van der Waals surface area contributed by atoms with Gasteiger partial charge in [-0.05, 0) is 30.3 Å². The minimum absolute atomic E-state index is 0.0936. The molecule has 0 atom stereocenters. The van der Waals surface area contributed by atoms with Gasteiger partial charge in [0.1, 0.15) is 24.0 Å². The molecule has 0 aliphatic heterocycles. The highest BCUT2D eigenvalue weighted by Crippen LogP contribution is 2.19. The lowest BCUT2D eigenvalue weighted by Crippen LogP contribution is -2.09. The molecule has 0 unspecified atom stereocenters. The summed E-state index contributed by atoms with van der Waals surface area (Å²) in [7, 11) is 1.42. The molecule has 2 aromatic carbocycles. The maximum atomic E-state index is 13.7. The predicted octanol–water partition coefficient (Wildman–Crippen LogP) is 2.91. The predicted molar refractivity (Wildman–Crippen MR) is 72.9 cm³/mol. The van der Waals surface area contributed by atoms with Gasteiger partial charge in [0.15, 0.2) is 0 Å². The second kappa shape index (κ2) is 6.21. The molecule has 0 spiro atoms. The third kappa shape index (κ3) is 3.47. The quantitative estimate of drug-likeness (QED) is 0.695. The Kier molecular flexibility index (Phi) is 4.37. The number of methoxy groups -OCH3 is 1. The molecule has 0 fully saturated rings. The van der Waals surface area contributed by atoms with Crippen LogP contribution in [0.3, 0.4) is 0 Å². The summed E-state index contributed by atoms with van der Waals surface area (Å²) in [5.74, 6) is -1.62. The van der Waals surface area contributed by atoms with E-state index in [1.807, 2.05) is 0 Å². The average molecular weight is 293 g/mol. The van der Waals surface area contributed by atoms with E-state index >= 15 is 0 Å². The summed E-state index contributed by atoms with van der Waals surface area (Å²) in [5, 5.41) is 0. The van der Waals surface area contributed by atoms with E-state index in [-0.39, 0.29) is 23.4 Å². The average Bonchev–Trinajstić information content (AvgIpc) is 2.48. The van der Waals surface area contributed by atoms with Crippen LogP contribution in [0.25, 0.3) is 0 Å². The zero-order valence-corrected chi connectivity index (χ0v) is 11.2. The molecule has 0 amide bonds. The lowest BCUT2D eigenvalue weighted by atomic mass is 10.2. The van der Waals surface area contributed by atoms with E-state index in [2.05, 4.69) is 0 Å². The van der Waals surface area contributed by atoms with Crippen LogP contribution >= 0.6 is 0 Å². The number of nitrogen functional groups attached to an aromatic ring is 1. The summed E-state index contributed by atoms with van der Waals surface area (Å²) in [6, 6.07) is 7.54. The summed E-state index contributed by atoms with van der Waals surface area (Å²) in [5.41, 5.74) is 5.75. The van der Waals surface area contributed by atoms with Crippen LogP contribution in [0.15, 0.2) is 36.4 Å². The number of halogens is 2. The molecule has 6 heteroatoms. The van der Waals surface area contributed by atoms with Crippen LogP contribution in [0.5, 0.6) is 5.75 Å². The first-order chi connectivity index (χ1) is 10.0. The Hall–Kier alpha value is -2.63. The zero-order chi connectivity index (χ0) is 15.4. The van der Waals surface area contributed by atoms with Crippen molar-refractivity contribution in [1.82, 2.24) is 0 Å². The van der Waals surface area contributed by atoms with Crippen molar-refractivity contribution in [2.75, 3.05) is 12.8 Å². The summed E-state index contributed by atoms with van der Waals surface area (Å²) >= 11 is 0. The highest BCUT2D eigenvalue weighted by molar-refractivity contribution is 5.95. The Bertz CT molecular complexity index is 674. The third-order valence-electron chi connectivity index (χ3n) is 2.85. The summed E-state index contributed by atoms with van der Waals surface area (Å²) in [6.45, 7) is -0.287. The fraction of sp³-hybridized carbons (Fsp3) is 0.133. The van der Waals surface area contributed by atoms with Gasteiger partial charge in [-0.1, -0.05) is 0 Å². The molecule has 0 aliphatic carbocycles. The number of carbonyl (C=O) groups is 1. The number of nitrogens with two attached hydrogens (primary N) is 1. The minimum Gasteiger partial charge on any atom is -0.497 e. The minimum atomic E-state index is -0.817. The molecule has 110 valence electrons. The molecule has 2 N–H and O–H groups in total. The first kappa shape index (κ1) is 14.8. The highest BCUT2D eigenvalue weighted by atomic mass is 19.1. The van der Waals surface area contributed by atoms with Crippen molar-refractivity contribution >= 4 is 11.7 Å². The Labute approximate surface area is 120 Å². The monoisotopic (exact) mass is 293 g/mol. The molecule has 0 heterocycles. The van der Waals surface area contributed by atoms with Crippen molar-refractivity contribution in [3.8, 4) is 5.75 Å². The normalized spacial score (nSPS) is 10.2. The second-order valence-corrected chi connectivity index (χ2v) is 4.27. The Morgan fingerprint density at radius 2 is 1.95 bits per heavy atom. The molecule has 4 nitrogen and oxygen atoms in total. The lowest BCUT2D eigenvalue weighted by molar-refractivity contribution is 0.0469. The number of esters is 1. The van der Waals surface area contributed by atoms with Crippen LogP contribution in [0.1, 0.15) is 15.9 Å². The van der Waals surface area contributed by atoms with Crippen molar-refractivity contribution in [1.29, 1.82) is 0 Å². The number of ether oxygens (including phenoxy) is 2. The van der Waals surface area contributed by atoms with Crippen LogP contribution in [-0.2, 0) is 11.3 Å². The standard InChI is InChI=1S/C15H13F2NO3/c1-20-11-4-2-9(13(17)7-11)8-21-15(19)12-6-10(16)3-5-14(12)18/h2-7H,8,18H2,1H3. The zero-order valence-electron chi connectivity index (χ0n) is 11.2. The molecule has 0 aliphatic rings. The first-order valence-corrected chi connectivity index (χ1v) is 6.06. The van der Waals surface area contributed by atoms with Crippen LogP contribution in [-0.4, -0.2) is 13.1 Å². The number of anilines is 1. The molecule has 0 saturated carbocycles. The van der Waals surface area contributed by atoms with Gasteiger partial charge >= 0.3 is 5.97 Å². The number of carbonyl (C=O) groups excluding carboxylic acids is 1. The van der Waals surface area contributed by atoms with E-state index in [9.17, 15) is 13.6 Å². The fourth-order valence-electron chi connectivity index (χ4n) is 1.70. The van der Waals surface area contributed by atoms with Crippen LogP contribution in [0.4, 0.5) is 14.5 Å². The summed E-state index contributed by atoms with van der Waals surface area (Å²) in [6.07, 6.45) is 0. The molecular weight excluding hydrogens is 280 g/mol. The number of rotatable bonds is 4. The van der Waals surface area contributed by atoms with Crippen molar-refractivity contribution in [3.05, 3.63) is 59.2 Å². The number of hydrogen-bond acceptors (Lipinski definition) is 4. The largest absolute Gasteiger partial charge is 0.497 e. The van der Waals surface area contributed by atoms with E-state index in [0.717, 1.165) is 12.1 Å². The maximum Gasteiger partial charge on any atom is 0.340 e. The molecule has 2 aromatic rings. The molecule has 0 radical (unpaired) electrons. The Morgan fingerprint density at radius 1 is 1.19 bits per heavy atom. The van der Waals surface area contributed by atoms with Gasteiger partial charge in [0.05, 0.1) is 12.7 Å². The fourth-order valence-corrected chi connectivity index (χ4v) is 1.70. The number of benzene rings is 2. The van der Waals surface area contributed by atoms with Crippen molar-refractivity contribution in [2.45, 2.75) is 6.61 Å². The van der Waals surface area contributed by atoms with Gasteiger partial charge in [-0.2, -0.15) is 0 Å². The van der Waals surface area contributed by atoms with E-state index in [1.165, 1.54) is 25.3 Å². The van der Waals surface area contributed by atoms with E-state index < -0.39 is 17.6 Å². The molecule has 0 bridgehead atoms. The topological polar surface area (TPSA) is 61.5 Å². The third-order valence-corrected chi connectivity index (χ3v) is 2.85. The van der Waals surface area contributed by atoms with Crippen molar-refractivity contribution in [3.63, 3.8) is 0 Å². The smallest absolute Gasteiger partial charge is 0.340 e. The van der Waals surface area contributed by atoms with Gasteiger partial charge in [-0.3, -0.25) is 0 Å². The molecule has 21 heavy (non-hydrogen) atoms. The Balaban J connectivity index is 2.09.